The zero-order valence-corrected chi connectivity index (χ0v) is 29.4. The number of hydrogen-bond donors (Lipinski definition) is 5. The Morgan fingerprint density at radius 1 is 1.13 bits per heavy atom. The van der Waals surface area contributed by atoms with Crippen LogP contribution in [0.2, 0.25) is 5.02 Å². The van der Waals surface area contributed by atoms with Crippen LogP contribution in [0.3, 0.4) is 0 Å². The molecule has 3 rings (SSSR count). The SMILES string of the molecule is COc1ccc(CN(c2ncns2)S(=O)(=O)c2cc(Cl)c(NC[C@H](CC(C)(C)CCNC(=O)O)[C@@H](C)NC(=O)O)cc2C)c(OC)c1. The molecule has 47 heavy (non-hydrogen) atoms. The van der Waals surface area contributed by atoms with Gasteiger partial charge in [-0.2, -0.15) is 4.37 Å². The molecule has 0 saturated carbocycles. The number of nitrogens with zero attached hydrogens (tertiary/aromatic N) is 3. The molecular formula is C30H41ClN6O8S2. The average molecular weight is 713 g/mol. The molecule has 0 unspecified atom stereocenters. The number of nitrogens with one attached hydrogen (secondary N) is 3. The zero-order valence-electron chi connectivity index (χ0n) is 27.0. The van der Waals surface area contributed by atoms with Crippen molar-refractivity contribution >= 4 is 56.2 Å². The first-order valence-electron chi connectivity index (χ1n) is 14.6. The van der Waals surface area contributed by atoms with Crippen LogP contribution in [0, 0.1) is 18.3 Å². The largest absolute Gasteiger partial charge is 0.497 e. The normalized spacial score (nSPS) is 12.9. The second kappa shape index (κ2) is 16.2. The van der Waals surface area contributed by atoms with Gasteiger partial charge < -0.3 is 35.6 Å². The summed E-state index contributed by atoms with van der Waals surface area (Å²) in [7, 11) is -1.20. The van der Waals surface area contributed by atoms with E-state index in [9.17, 15) is 23.1 Å². The first-order chi connectivity index (χ1) is 22.1. The summed E-state index contributed by atoms with van der Waals surface area (Å²) in [5.74, 6) is 0.764. The number of amides is 2. The third-order valence-corrected chi connectivity index (χ3v) is 10.7. The Labute approximate surface area is 283 Å². The first-order valence-corrected chi connectivity index (χ1v) is 17.2. The van der Waals surface area contributed by atoms with Gasteiger partial charge in [0.1, 0.15) is 17.8 Å². The fourth-order valence-electron chi connectivity index (χ4n) is 5.16. The summed E-state index contributed by atoms with van der Waals surface area (Å²) in [6, 6.07) is 7.64. The van der Waals surface area contributed by atoms with Crippen LogP contribution in [0.4, 0.5) is 20.4 Å². The van der Waals surface area contributed by atoms with Crippen LogP contribution < -0.4 is 29.7 Å². The topological polar surface area (TPSA) is 192 Å². The molecule has 2 aromatic carbocycles. The van der Waals surface area contributed by atoms with Crippen molar-refractivity contribution in [2.24, 2.45) is 11.3 Å². The van der Waals surface area contributed by atoms with Crippen molar-refractivity contribution < 1.29 is 37.7 Å². The maximum absolute atomic E-state index is 14.2. The number of rotatable bonds is 17. The third-order valence-electron chi connectivity index (χ3n) is 7.71. The van der Waals surface area contributed by atoms with Crippen LogP contribution in [0.25, 0.3) is 0 Å². The lowest BCUT2D eigenvalue weighted by Gasteiger charge is -2.33. The van der Waals surface area contributed by atoms with Crippen LogP contribution in [-0.4, -0.2) is 73.5 Å². The van der Waals surface area contributed by atoms with Crippen molar-refractivity contribution in [3.63, 3.8) is 0 Å². The molecule has 14 nitrogen and oxygen atoms in total. The molecule has 0 bridgehead atoms. The molecule has 17 heteroatoms. The van der Waals surface area contributed by atoms with Crippen molar-refractivity contribution in [3.05, 3.63) is 52.8 Å². The van der Waals surface area contributed by atoms with Crippen LogP contribution in [0.5, 0.6) is 11.5 Å². The third kappa shape index (κ3) is 10.2. The molecule has 0 aliphatic rings. The summed E-state index contributed by atoms with van der Waals surface area (Å²) in [5, 5.41) is 26.7. The van der Waals surface area contributed by atoms with E-state index in [1.54, 1.807) is 38.1 Å². The predicted molar refractivity (Wildman–Crippen MR) is 181 cm³/mol. The van der Waals surface area contributed by atoms with Crippen LogP contribution in [0.15, 0.2) is 41.6 Å². The Balaban J connectivity index is 1.90. The lowest BCUT2D eigenvalue weighted by Crippen LogP contribution is -2.42. The van der Waals surface area contributed by atoms with Crippen molar-refractivity contribution in [2.75, 3.05) is 36.9 Å². The van der Waals surface area contributed by atoms with Gasteiger partial charge in [0.15, 0.2) is 0 Å². The van der Waals surface area contributed by atoms with Gasteiger partial charge in [0.05, 0.1) is 36.4 Å². The fraction of sp³-hybridized carbons (Fsp3) is 0.467. The van der Waals surface area contributed by atoms with E-state index in [0.29, 0.717) is 47.7 Å². The number of halogens is 1. The van der Waals surface area contributed by atoms with E-state index < -0.39 is 28.3 Å². The number of ether oxygens (including phenoxy) is 2. The number of carboxylic acid groups (broad SMARTS) is 2. The van der Waals surface area contributed by atoms with Crippen LogP contribution >= 0.6 is 23.1 Å². The molecule has 0 fully saturated rings. The van der Waals surface area contributed by atoms with E-state index in [-0.39, 0.29) is 39.5 Å². The molecule has 2 atom stereocenters. The average Bonchev–Trinajstić information content (AvgIpc) is 3.53. The summed E-state index contributed by atoms with van der Waals surface area (Å²) in [6.45, 7) is 7.84. The first kappa shape index (κ1) is 37.4. The summed E-state index contributed by atoms with van der Waals surface area (Å²) < 4.78 is 44.3. The Morgan fingerprint density at radius 2 is 1.85 bits per heavy atom. The second-order valence-corrected chi connectivity index (χ2v) is 14.7. The minimum absolute atomic E-state index is 0.0275. The summed E-state index contributed by atoms with van der Waals surface area (Å²) >= 11 is 7.61. The number of methoxy groups -OCH3 is 2. The molecule has 0 aliphatic heterocycles. The van der Waals surface area contributed by atoms with Gasteiger partial charge in [-0.25, -0.2) is 27.3 Å². The monoisotopic (exact) mass is 712 g/mol. The molecule has 5 N–H and O–H groups in total. The predicted octanol–water partition coefficient (Wildman–Crippen LogP) is 5.67. The van der Waals surface area contributed by atoms with E-state index in [1.807, 2.05) is 13.8 Å². The maximum atomic E-state index is 14.2. The fourth-order valence-corrected chi connectivity index (χ4v) is 7.82. The molecule has 0 radical (unpaired) electrons. The Morgan fingerprint density at radius 3 is 2.45 bits per heavy atom. The van der Waals surface area contributed by atoms with Crippen molar-refractivity contribution in [1.29, 1.82) is 0 Å². The summed E-state index contributed by atoms with van der Waals surface area (Å²) in [4.78, 5) is 26.5. The lowest BCUT2D eigenvalue weighted by molar-refractivity contribution is 0.173. The number of benzene rings is 2. The highest BCUT2D eigenvalue weighted by molar-refractivity contribution is 7.93. The van der Waals surface area contributed by atoms with Crippen molar-refractivity contribution in [1.82, 2.24) is 20.0 Å². The highest BCUT2D eigenvalue weighted by Crippen LogP contribution is 2.36. The van der Waals surface area contributed by atoms with Crippen molar-refractivity contribution in [3.8, 4) is 11.5 Å². The number of aryl methyl sites for hydroxylation is 1. The maximum Gasteiger partial charge on any atom is 0.404 e. The van der Waals surface area contributed by atoms with Crippen LogP contribution in [0.1, 0.15) is 44.7 Å². The zero-order chi connectivity index (χ0) is 34.9. The molecule has 1 heterocycles. The molecule has 2 amide bonds. The number of hydrogen-bond acceptors (Lipinski definition) is 10. The molecule has 0 saturated heterocycles. The van der Waals surface area contributed by atoms with Crippen molar-refractivity contribution in [2.45, 2.75) is 58.0 Å². The van der Waals surface area contributed by atoms with E-state index in [4.69, 9.17) is 26.2 Å². The second-order valence-electron chi connectivity index (χ2n) is 11.7. The number of sulfonamides is 1. The minimum Gasteiger partial charge on any atom is -0.497 e. The highest BCUT2D eigenvalue weighted by Gasteiger charge is 2.32. The van der Waals surface area contributed by atoms with E-state index in [1.165, 1.54) is 26.6 Å². The molecular weight excluding hydrogens is 672 g/mol. The quantitative estimate of drug-likeness (QED) is 0.116. The van der Waals surface area contributed by atoms with E-state index >= 15 is 0 Å². The standard InChI is InChI=1S/C30H41ClN6O8S2/c1-18-11-24(33-15-21(19(2)36-29(40)41)14-30(3,4)9-10-32-28(38)39)23(31)13-26(18)47(42,43)37(27-34-17-35-46-27)16-20-7-8-22(44-5)12-25(20)45-6/h7-8,11-13,17,19,21,32-33,36H,9-10,14-16H2,1-6H3,(H,38,39)(H,40,41)/t19-,21+/m1/s1. The van der Waals surface area contributed by atoms with Gasteiger partial charge in [-0.15, -0.1) is 0 Å². The van der Waals surface area contributed by atoms with Gasteiger partial charge in [0, 0.05) is 42.3 Å². The molecule has 1 aromatic heterocycles. The molecule has 0 spiro atoms. The van der Waals surface area contributed by atoms with E-state index in [0.717, 1.165) is 15.8 Å². The molecule has 258 valence electrons. The smallest absolute Gasteiger partial charge is 0.404 e. The Hall–Kier alpha value is -4.02. The molecule has 3 aromatic rings. The van der Waals surface area contributed by atoms with Gasteiger partial charge in [0.2, 0.25) is 5.13 Å². The van der Waals surface area contributed by atoms with Gasteiger partial charge in [-0.3, -0.25) is 0 Å². The number of aromatic nitrogens is 2. The number of carbonyl (C=O) groups is 2. The lowest BCUT2D eigenvalue weighted by atomic mass is 9.77. The summed E-state index contributed by atoms with van der Waals surface area (Å²) in [5.41, 5.74) is 1.13. The van der Waals surface area contributed by atoms with Gasteiger partial charge in [0.25, 0.3) is 10.0 Å². The Bertz CT molecular complexity index is 1640. The van der Waals surface area contributed by atoms with Gasteiger partial charge in [-0.1, -0.05) is 25.4 Å². The van der Waals surface area contributed by atoms with Crippen LogP contribution in [-0.2, 0) is 16.6 Å². The number of anilines is 2. The highest BCUT2D eigenvalue weighted by atomic mass is 35.5. The van der Waals surface area contributed by atoms with Gasteiger partial charge >= 0.3 is 12.2 Å². The molecule has 0 aliphatic carbocycles. The minimum atomic E-state index is -4.21. The summed E-state index contributed by atoms with van der Waals surface area (Å²) in [6.07, 6.45) is 0.0969. The van der Waals surface area contributed by atoms with Gasteiger partial charge in [-0.05, 0) is 67.9 Å². The van der Waals surface area contributed by atoms with E-state index in [2.05, 4.69) is 25.3 Å². The Kier molecular flexibility index (Phi) is 12.9.